The van der Waals surface area contributed by atoms with E-state index in [1.54, 1.807) is 6.20 Å². The summed E-state index contributed by atoms with van der Waals surface area (Å²) in [5, 5.41) is 0. The van der Waals surface area contributed by atoms with Gasteiger partial charge >= 0.3 is 0 Å². The van der Waals surface area contributed by atoms with Gasteiger partial charge in [-0.05, 0) is 12.1 Å². The molecule has 0 amide bonds. The van der Waals surface area contributed by atoms with Crippen LogP contribution in [0.15, 0.2) is 18.3 Å². The zero-order valence-electron chi connectivity index (χ0n) is 7.37. The van der Waals surface area contributed by atoms with Crippen molar-refractivity contribution >= 4 is 22.8 Å². The highest BCUT2D eigenvalue weighted by atomic mass is 35.5. The van der Waals surface area contributed by atoms with Gasteiger partial charge in [-0.15, -0.1) is 11.6 Å². The van der Waals surface area contributed by atoms with Gasteiger partial charge in [0, 0.05) is 25.5 Å². The van der Waals surface area contributed by atoms with Crippen molar-refractivity contribution in [3.63, 3.8) is 0 Å². The van der Waals surface area contributed by atoms with Crippen LogP contribution in [0.3, 0.4) is 0 Å². The third-order valence-electron chi connectivity index (χ3n) is 2.07. The molecule has 0 unspecified atom stereocenters. The summed E-state index contributed by atoms with van der Waals surface area (Å²) in [5.74, 6) is 1.58. The second kappa shape index (κ2) is 3.34. The Bertz CT molecular complexity index is 422. The van der Waals surface area contributed by atoms with Gasteiger partial charge in [-0.2, -0.15) is 0 Å². The number of fused-ring (bicyclic) bond motifs is 1. The largest absolute Gasteiger partial charge is 0.330 e. The lowest BCUT2D eigenvalue weighted by molar-refractivity contribution is 0.831. The molecule has 0 aromatic carbocycles. The molecule has 0 saturated heterocycles. The first-order valence-corrected chi connectivity index (χ1v) is 4.68. The number of aromatic nitrogens is 3. The third kappa shape index (κ3) is 1.40. The van der Waals surface area contributed by atoms with Gasteiger partial charge in [-0.1, -0.05) is 0 Å². The van der Waals surface area contributed by atoms with Crippen LogP contribution in [0.25, 0.3) is 11.2 Å². The first-order chi connectivity index (χ1) is 6.33. The molecular formula is C9H10ClN3. The standard InChI is InChI=1S/C9H10ClN3/c1-13-7-3-2-6-11-9(7)12-8(13)4-5-10/h2-3,6H,4-5H2,1H3. The normalized spacial score (nSPS) is 10.9. The molecule has 2 aromatic rings. The zero-order chi connectivity index (χ0) is 9.26. The number of hydrogen-bond acceptors (Lipinski definition) is 2. The van der Waals surface area contributed by atoms with Crippen LogP contribution >= 0.6 is 11.6 Å². The Balaban J connectivity index is 2.60. The molecule has 68 valence electrons. The van der Waals surface area contributed by atoms with Crippen molar-refractivity contribution in [3.8, 4) is 0 Å². The summed E-state index contributed by atoms with van der Waals surface area (Å²) in [4.78, 5) is 8.54. The predicted molar refractivity (Wildman–Crippen MR) is 52.9 cm³/mol. The SMILES string of the molecule is Cn1c(CCCl)nc2ncccc21. The van der Waals surface area contributed by atoms with Gasteiger partial charge < -0.3 is 4.57 Å². The van der Waals surface area contributed by atoms with Gasteiger partial charge in [0.15, 0.2) is 5.65 Å². The number of imidazole rings is 1. The second-order valence-corrected chi connectivity index (χ2v) is 3.25. The highest BCUT2D eigenvalue weighted by Crippen LogP contribution is 2.12. The summed E-state index contributed by atoms with van der Waals surface area (Å²) in [7, 11) is 1.99. The molecule has 2 aromatic heterocycles. The molecule has 13 heavy (non-hydrogen) atoms. The van der Waals surface area contributed by atoms with Gasteiger partial charge in [-0.3, -0.25) is 0 Å². The molecule has 3 nitrogen and oxygen atoms in total. The van der Waals surface area contributed by atoms with Gasteiger partial charge in [-0.25, -0.2) is 9.97 Å². The van der Waals surface area contributed by atoms with Crippen LogP contribution < -0.4 is 0 Å². The Morgan fingerprint density at radius 3 is 3.08 bits per heavy atom. The quantitative estimate of drug-likeness (QED) is 0.684. The summed E-state index contributed by atoms with van der Waals surface area (Å²) in [6.07, 6.45) is 2.54. The van der Waals surface area contributed by atoms with E-state index in [1.165, 1.54) is 0 Å². The monoisotopic (exact) mass is 195 g/mol. The summed E-state index contributed by atoms with van der Waals surface area (Å²) in [6, 6.07) is 3.92. The van der Waals surface area contributed by atoms with Crippen LogP contribution in [-0.4, -0.2) is 20.4 Å². The maximum absolute atomic E-state index is 5.66. The molecule has 0 atom stereocenters. The summed E-state index contributed by atoms with van der Waals surface area (Å²) >= 11 is 5.66. The van der Waals surface area contributed by atoms with Gasteiger partial charge in [0.2, 0.25) is 0 Å². The fourth-order valence-electron chi connectivity index (χ4n) is 1.38. The van der Waals surface area contributed by atoms with Crippen LogP contribution in [0.2, 0.25) is 0 Å². The lowest BCUT2D eigenvalue weighted by Gasteiger charge is -1.97. The van der Waals surface area contributed by atoms with E-state index in [0.29, 0.717) is 5.88 Å². The average molecular weight is 196 g/mol. The first kappa shape index (κ1) is 8.51. The lowest BCUT2D eigenvalue weighted by Crippen LogP contribution is -1.98. The van der Waals surface area contributed by atoms with Gasteiger partial charge in [0.05, 0.1) is 5.52 Å². The second-order valence-electron chi connectivity index (χ2n) is 2.87. The fourth-order valence-corrected chi connectivity index (χ4v) is 1.55. The minimum atomic E-state index is 0.594. The minimum absolute atomic E-state index is 0.594. The molecule has 0 N–H and O–H groups in total. The van der Waals surface area contributed by atoms with Crippen LogP contribution in [0.1, 0.15) is 5.82 Å². The molecule has 0 saturated carbocycles. The molecule has 0 aliphatic rings. The van der Waals surface area contributed by atoms with Gasteiger partial charge in [0.25, 0.3) is 0 Å². The number of aryl methyl sites for hydroxylation is 2. The van der Waals surface area contributed by atoms with Crippen LogP contribution in [0.4, 0.5) is 0 Å². The molecule has 0 radical (unpaired) electrons. The van der Waals surface area contributed by atoms with E-state index in [1.807, 2.05) is 23.7 Å². The molecule has 0 fully saturated rings. The van der Waals surface area contributed by atoms with E-state index < -0.39 is 0 Å². The molecule has 0 aliphatic carbocycles. The highest BCUT2D eigenvalue weighted by molar-refractivity contribution is 6.17. The maximum Gasteiger partial charge on any atom is 0.177 e. The Morgan fingerprint density at radius 2 is 2.38 bits per heavy atom. The molecule has 4 heteroatoms. The van der Waals surface area contributed by atoms with Crippen molar-refractivity contribution in [1.29, 1.82) is 0 Å². The van der Waals surface area contributed by atoms with E-state index in [9.17, 15) is 0 Å². The van der Waals surface area contributed by atoms with E-state index in [-0.39, 0.29) is 0 Å². The van der Waals surface area contributed by atoms with Crippen molar-refractivity contribution < 1.29 is 0 Å². The van der Waals surface area contributed by atoms with Crippen LogP contribution in [0, 0.1) is 0 Å². The Hall–Kier alpha value is -1.09. The number of rotatable bonds is 2. The topological polar surface area (TPSA) is 30.7 Å². The molecular weight excluding hydrogens is 186 g/mol. The lowest BCUT2D eigenvalue weighted by atomic mass is 10.4. The number of alkyl halides is 1. The summed E-state index contributed by atoms with van der Waals surface area (Å²) in [6.45, 7) is 0. The summed E-state index contributed by atoms with van der Waals surface area (Å²) in [5.41, 5.74) is 1.85. The highest BCUT2D eigenvalue weighted by Gasteiger charge is 2.06. The van der Waals surface area contributed by atoms with Crippen molar-refractivity contribution in [2.45, 2.75) is 6.42 Å². The molecule has 2 rings (SSSR count). The molecule has 0 aliphatic heterocycles. The predicted octanol–water partition coefficient (Wildman–Crippen LogP) is 1.75. The van der Waals surface area contributed by atoms with Crippen molar-refractivity contribution in [1.82, 2.24) is 14.5 Å². The van der Waals surface area contributed by atoms with E-state index in [0.717, 1.165) is 23.4 Å². The summed E-state index contributed by atoms with van der Waals surface area (Å²) < 4.78 is 2.03. The molecule has 0 spiro atoms. The third-order valence-corrected chi connectivity index (χ3v) is 2.26. The fraction of sp³-hybridized carbons (Fsp3) is 0.333. The number of pyridine rings is 1. The smallest absolute Gasteiger partial charge is 0.177 e. The minimum Gasteiger partial charge on any atom is -0.330 e. The number of halogens is 1. The Morgan fingerprint density at radius 1 is 1.54 bits per heavy atom. The first-order valence-electron chi connectivity index (χ1n) is 4.15. The Labute approximate surface area is 81.4 Å². The Kier molecular flexibility index (Phi) is 2.19. The maximum atomic E-state index is 5.66. The van der Waals surface area contributed by atoms with E-state index >= 15 is 0 Å². The molecule has 0 bridgehead atoms. The van der Waals surface area contributed by atoms with Crippen molar-refractivity contribution in [2.24, 2.45) is 7.05 Å². The van der Waals surface area contributed by atoms with E-state index in [4.69, 9.17) is 11.6 Å². The van der Waals surface area contributed by atoms with Crippen molar-refractivity contribution in [3.05, 3.63) is 24.2 Å². The van der Waals surface area contributed by atoms with Gasteiger partial charge in [0.1, 0.15) is 5.82 Å². The molecule has 2 heterocycles. The van der Waals surface area contributed by atoms with E-state index in [2.05, 4.69) is 9.97 Å². The van der Waals surface area contributed by atoms with Crippen LogP contribution in [-0.2, 0) is 13.5 Å². The average Bonchev–Trinajstić information content (AvgIpc) is 2.46. The van der Waals surface area contributed by atoms with Crippen LogP contribution in [0.5, 0.6) is 0 Å². The zero-order valence-corrected chi connectivity index (χ0v) is 8.12. The number of hydrogen-bond donors (Lipinski definition) is 0. The number of nitrogens with zero attached hydrogens (tertiary/aromatic N) is 3. The van der Waals surface area contributed by atoms with Crippen molar-refractivity contribution in [2.75, 3.05) is 5.88 Å².